The Labute approximate surface area is 153 Å². The molecule has 0 atom stereocenters. The van der Waals surface area contributed by atoms with Gasteiger partial charge in [-0.25, -0.2) is 0 Å². The number of nitrogens with zero attached hydrogens (tertiary/aromatic N) is 1. The number of aryl methyl sites for hydroxylation is 2. The molecule has 0 saturated heterocycles. The fraction of sp³-hybridized carbons (Fsp3) is 0.368. The first-order valence-corrected chi connectivity index (χ1v) is 8.70. The summed E-state index contributed by atoms with van der Waals surface area (Å²) in [5.74, 6) is -0.365. The quantitative estimate of drug-likeness (QED) is 0.776. The number of benzene rings is 1. The third-order valence-electron chi connectivity index (χ3n) is 3.96. The molecule has 0 unspecified atom stereocenters. The first-order chi connectivity index (χ1) is 11.8. The van der Waals surface area contributed by atoms with Crippen molar-refractivity contribution in [1.82, 2.24) is 15.2 Å². The van der Waals surface area contributed by atoms with Crippen LogP contribution in [-0.2, 0) is 4.79 Å². The minimum absolute atomic E-state index is 0.0344. The van der Waals surface area contributed by atoms with Crippen LogP contribution in [0.2, 0.25) is 5.02 Å². The second-order valence-electron chi connectivity index (χ2n) is 6.32. The van der Waals surface area contributed by atoms with E-state index in [1.54, 1.807) is 12.1 Å². The van der Waals surface area contributed by atoms with Gasteiger partial charge in [0.15, 0.2) is 0 Å². The molecule has 0 aliphatic rings. The Kier molecular flexibility index (Phi) is 6.26. The third-order valence-corrected chi connectivity index (χ3v) is 4.29. The molecule has 25 heavy (non-hydrogen) atoms. The second-order valence-corrected chi connectivity index (χ2v) is 6.72. The van der Waals surface area contributed by atoms with Gasteiger partial charge in [0.25, 0.3) is 5.91 Å². The van der Waals surface area contributed by atoms with Crippen molar-refractivity contribution in [2.24, 2.45) is 5.92 Å². The molecule has 5 nitrogen and oxygen atoms in total. The Hall–Kier alpha value is -2.27. The highest BCUT2D eigenvalue weighted by Crippen LogP contribution is 2.22. The number of hydrogen-bond donors (Lipinski definition) is 2. The van der Waals surface area contributed by atoms with Gasteiger partial charge in [0.05, 0.1) is 10.6 Å². The van der Waals surface area contributed by atoms with Crippen molar-refractivity contribution < 1.29 is 9.59 Å². The molecule has 0 spiro atoms. The fourth-order valence-corrected chi connectivity index (χ4v) is 2.77. The maximum atomic E-state index is 12.4. The molecule has 2 amide bonds. The standard InChI is InChI=1S/C19H24ClN3O2/c1-12(2)18(24)21-9-10-22-19(25)16-11-15(7-8-17(16)20)23-13(3)5-6-14(23)4/h5-8,11-12H,9-10H2,1-4H3,(H,21,24)(H,22,25). The number of nitrogens with one attached hydrogen (secondary N) is 2. The number of carbonyl (C=O) groups excluding carboxylic acids is 2. The molecule has 0 saturated carbocycles. The summed E-state index contributed by atoms with van der Waals surface area (Å²) in [4.78, 5) is 23.9. The van der Waals surface area contributed by atoms with Gasteiger partial charge in [0, 0.05) is 36.1 Å². The van der Waals surface area contributed by atoms with Crippen molar-refractivity contribution in [1.29, 1.82) is 0 Å². The van der Waals surface area contributed by atoms with Gasteiger partial charge in [0.2, 0.25) is 5.91 Å². The molecule has 1 aromatic heterocycles. The normalized spacial score (nSPS) is 10.8. The van der Waals surface area contributed by atoms with E-state index in [1.165, 1.54) is 0 Å². The zero-order valence-corrected chi connectivity index (χ0v) is 15.8. The van der Waals surface area contributed by atoms with Crippen molar-refractivity contribution in [2.45, 2.75) is 27.7 Å². The van der Waals surface area contributed by atoms with Crippen molar-refractivity contribution in [3.8, 4) is 5.69 Å². The molecule has 134 valence electrons. The van der Waals surface area contributed by atoms with Crippen LogP contribution in [0, 0.1) is 19.8 Å². The number of hydrogen-bond acceptors (Lipinski definition) is 2. The second kappa shape index (κ2) is 8.21. The molecule has 0 aliphatic heterocycles. The van der Waals surface area contributed by atoms with E-state index < -0.39 is 0 Å². The fourth-order valence-electron chi connectivity index (χ4n) is 2.56. The van der Waals surface area contributed by atoms with Gasteiger partial charge < -0.3 is 15.2 Å². The van der Waals surface area contributed by atoms with Gasteiger partial charge in [-0.15, -0.1) is 0 Å². The van der Waals surface area contributed by atoms with Crippen molar-refractivity contribution in [3.63, 3.8) is 0 Å². The van der Waals surface area contributed by atoms with Gasteiger partial charge in [-0.05, 0) is 44.2 Å². The molecule has 0 aliphatic carbocycles. The van der Waals surface area contributed by atoms with E-state index in [0.29, 0.717) is 23.7 Å². The highest BCUT2D eigenvalue weighted by atomic mass is 35.5. The van der Waals surface area contributed by atoms with E-state index in [9.17, 15) is 9.59 Å². The van der Waals surface area contributed by atoms with E-state index in [1.807, 2.05) is 45.9 Å². The van der Waals surface area contributed by atoms with Gasteiger partial charge >= 0.3 is 0 Å². The third kappa shape index (κ3) is 4.63. The Morgan fingerprint density at radius 1 is 1.04 bits per heavy atom. The lowest BCUT2D eigenvalue weighted by Crippen LogP contribution is -2.36. The molecule has 0 radical (unpaired) electrons. The number of amides is 2. The molecule has 1 aromatic carbocycles. The molecule has 0 bridgehead atoms. The van der Waals surface area contributed by atoms with Gasteiger partial charge in [0.1, 0.15) is 0 Å². The van der Waals surface area contributed by atoms with Crippen LogP contribution in [0.4, 0.5) is 0 Å². The minimum Gasteiger partial charge on any atom is -0.354 e. The smallest absolute Gasteiger partial charge is 0.252 e. The first kappa shape index (κ1) is 19.1. The van der Waals surface area contributed by atoms with Crippen LogP contribution in [0.1, 0.15) is 35.6 Å². The maximum Gasteiger partial charge on any atom is 0.252 e. The Morgan fingerprint density at radius 2 is 1.64 bits per heavy atom. The van der Waals surface area contributed by atoms with Crippen molar-refractivity contribution in [3.05, 3.63) is 52.3 Å². The van der Waals surface area contributed by atoms with Crippen molar-refractivity contribution in [2.75, 3.05) is 13.1 Å². The lowest BCUT2D eigenvalue weighted by molar-refractivity contribution is -0.123. The molecule has 0 fully saturated rings. The number of rotatable bonds is 6. The van der Waals surface area contributed by atoms with Crippen LogP contribution < -0.4 is 10.6 Å². The van der Waals surface area contributed by atoms with Crippen LogP contribution in [0.5, 0.6) is 0 Å². The molecule has 2 rings (SSSR count). The first-order valence-electron chi connectivity index (χ1n) is 8.32. The predicted molar refractivity (Wildman–Crippen MR) is 100 cm³/mol. The number of carbonyl (C=O) groups is 2. The molecule has 1 heterocycles. The lowest BCUT2D eigenvalue weighted by atomic mass is 10.1. The van der Waals surface area contributed by atoms with Crippen LogP contribution in [-0.4, -0.2) is 29.5 Å². The van der Waals surface area contributed by atoms with E-state index in [4.69, 9.17) is 11.6 Å². The Bertz CT molecular complexity index is 761. The average molecular weight is 362 g/mol. The predicted octanol–water partition coefficient (Wildman–Crippen LogP) is 3.25. The van der Waals surface area contributed by atoms with Crippen LogP contribution in [0.25, 0.3) is 5.69 Å². The molecule has 2 aromatic rings. The van der Waals surface area contributed by atoms with Crippen LogP contribution >= 0.6 is 11.6 Å². The monoisotopic (exact) mass is 361 g/mol. The molecule has 6 heteroatoms. The summed E-state index contributed by atoms with van der Waals surface area (Å²) in [6.07, 6.45) is 0. The molecular weight excluding hydrogens is 338 g/mol. The Balaban J connectivity index is 2.07. The van der Waals surface area contributed by atoms with E-state index in [-0.39, 0.29) is 17.7 Å². The zero-order chi connectivity index (χ0) is 18.6. The zero-order valence-electron chi connectivity index (χ0n) is 15.0. The number of aromatic nitrogens is 1. The van der Waals surface area contributed by atoms with E-state index in [2.05, 4.69) is 15.2 Å². The summed E-state index contributed by atoms with van der Waals surface area (Å²) in [6.45, 7) is 8.40. The molecule has 2 N–H and O–H groups in total. The summed E-state index contributed by atoms with van der Waals surface area (Å²) in [5.41, 5.74) is 3.48. The summed E-state index contributed by atoms with van der Waals surface area (Å²) >= 11 is 6.20. The topological polar surface area (TPSA) is 63.1 Å². The highest BCUT2D eigenvalue weighted by molar-refractivity contribution is 6.33. The van der Waals surface area contributed by atoms with Crippen LogP contribution in [0.15, 0.2) is 30.3 Å². The van der Waals surface area contributed by atoms with Gasteiger partial charge in [-0.1, -0.05) is 25.4 Å². The minimum atomic E-state index is -0.256. The van der Waals surface area contributed by atoms with Crippen LogP contribution in [0.3, 0.4) is 0 Å². The summed E-state index contributed by atoms with van der Waals surface area (Å²) < 4.78 is 2.07. The largest absolute Gasteiger partial charge is 0.354 e. The van der Waals surface area contributed by atoms with Gasteiger partial charge in [-0.3, -0.25) is 9.59 Å². The average Bonchev–Trinajstić information content (AvgIpc) is 2.90. The summed E-state index contributed by atoms with van der Waals surface area (Å²) in [5, 5.41) is 5.95. The summed E-state index contributed by atoms with van der Waals surface area (Å²) in [7, 11) is 0. The molecular formula is C19H24ClN3O2. The van der Waals surface area contributed by atoms with E-state index in [0.717, 1.165) is 17.1 Å². The SMILES string of the molecule is Cc1ccc(C)n1-c1ccc(Cl)c(C(=O)NCCNC(=O)C(C)C)c1. The van der Waals surface area contributed by atoms with E-state index >= 15 is 0 Å². The maximum absolute atomic E-state index is 12.4. The number of halogens is 1. The highest BCUT2D eigenvalue weighted by Gasteiger charge is 2.13. The lowest BCUT2D eigenvalue weighted by Gasteiger charge is -2.13. The van der Waals surface area contributed by atoms with Crippen molar-refractivity contribution >= 4 is 23.4 Å². The Morgan fingerprint density at radius 3 is 2.24 bits per heavy atom. The van der Waals surface area contributed by atoms with Gasteiger partial charge in [-0.2, -0.15) is 0 Å². The summed E-state index contributed by atoms with van der Waals surface area (Å²) in [6, 6.07) is 9.46.